The molecule has 0 aliphatic rings. The zero-order chi connectivity index (χ0) is 10.8. The van der Waals surface area contributed by atoms with E-state index in [0.717, 1.165) is 15.6 Å². The first kappa shape index (κ1) is 10.5. The predicted octanol–water partition coefficient (Wildman–Crippen LogP) is 3.64. The van der Waals surface area contributed by atoms with Gasteiger partial charge in [-0.1, -0.05) is 11.3 Å². The van der Waals surface area contributed by atoms with Crippen LogP contribution in [0.1, 0.15) is 17.3 Å². The second-order valence-electron chi connectivity index (χ2n) is 3.07. The third-order valence-electron chi connectivity index (χ3n) is 1.87. The summed E-state index contributed by atoms with van der Waals surface area (Å²) >= 11 is 7.30. The van der Waals surface area contributed by atoms with Crippen molar-refractivity contribution in [1.29, 1.82) is 0 Å². The fourth-order valence-corrected chi connectivity index (χ4v) is 2.06. The van der Waals surface area contributed by atoms with Gasteiger partial charge in [-0.2, -0.15) is 0 Å². The van der Waals surface area contributed by atoms with Gasteiger partial charge in [0.25, 0.3) is 0 Å². The lowest BCUT2D eigenvalue weighted by molar-refractivity contribution is 0.628. The Kier molecular flexibility index (Phi) is 2.98. The minimum Gasteiger partial charge on any atom is -0.207 e. The minimum absolute atomic E-state index is 0.142. The van der Waals surface area contributed by atoms with Gasteiger partial charge in [-0.3, -0.25) is 0 Å². The zero-order valence-corrected chi connectivity index (χ0v) is 9.52. The van der Waals surface area contributed by atoms with Crippen LogP contribution in [-0.2, 0) is 0 Å². The average Bonchev–Trinajstić information content (AvgIpc) is 2.68. The summed E-state index contributed by atoms with van der Waals surface area (Å²) in [7, 11) is 0. The van der Waals surface area contributed by atoms with Crippen LogP contribution in [0.5, 0.6) is 0 Å². The van der Waals surface area contributed by atoms with Crippen molar-refractivity contribution >= 4 is 22.9 Å². The highest BCUT2D eigenvalue weighted by atomic mass is 35.5. The molecule has 15 heavy (non-hydrogen) atoms. The van der Waals surface area contributed by atoms with Crippen molar-refractivity contribution in [3.63, 3.8) is 0 Å². The number of benzene rings is 1. The Morgan fingerprint density at radius 1 is 1.27 bits per heavy atom. The van der Waals surface area contributed by atoms with Crippen molar-refractivity contribution in [3.8, 4) is 10.6 Å². The van der Waals surface area contributed by atoms with Crippen LogP contribution in [0.15, 0.2) is 24.3 Å². The quantitative estimate of drug-likeness (QED) is 0.752. The van der Waals surface area contributed by atoms with Crippen LogP contribution >= 0.6 is 22.9 Å². The molecule has 1 aromatic heterocycles. The van der Waals surface area contributed by atoms with E-state index in [4.69, 9.17) is 11.6 Å². The van der Waals surface area contributed by atoms with E-state index in [0.29, 0.717) is 0 Å². The highest BCUT2D eigenvalue weighted by Crippen LogP contribution is 2.29. The molecular formula is C10H8ClFN2S. The van der Waals surface area contributed by atoms with E-state index < -0.39 is 0 Å². The molecular weight excluding hydrogens is 235 g/mol. The molecule has 0 aliphatic carbocycles. The molecule has 1 heterocycles. The van der Waals surface area contributed by atoms with Gasteiger partial charge in [0, 0.05) is 5.56 Å². The smallest absolute Gasteiger partial charge is 0.147 e. The van der Waals surface area contributed by atoms with Gasteiger partial charge >= 0.3 is 0 Å². The first-order valence-corrected chi connectivity index (χ1v) is 5.65. The monoisotopic (exact) mass is 242 g/mol. The van der Waals surface area contributed by atoms with Gasteiger partial charge in [0.05, 0.1) is 5.38 Å². The molecule has 0 radical (unpaired) electrons. The molecule has 2 rings (SSSR count). The molecule has 1 unspecified atom stereocenters. The number of nitrogens with zero attached hydrogens (tertiary/aromatic N) is 2. The largest absolute Gasteiger partial charge is 0.207 e. The van der Waals surface area contributed by atoms with Gasteiger partial charge < -0.3 is 0 Å². The molecule has 2 aromatic rings. The lowest BCUT2D eigenvalue weighted by Crippen LogP contribution is -1.81. The molecule has 0 fully saturated rings. The number of halogens is 2. The maximum atomic E-state index is 12.7. The first-order valence-electron chi connectivity index (χ1n) is 4.40. The number of hydrogen-bond acceptors (Lipinski definition) is 3. The highest BCUT2D eigenvalue weighted by molar-refractivity contribution is 7.15. The Hall–Kier alpha value is -1.000. The molecule has 0 saturated carbocycles. The second kappa shape index (κ2) is 4.24. The number of aromatic nitrogens is 2. The van der Waals surface area contributed by atoms with Gasteiger partial charge in [0.1, 0.15) is 15.8 Å². The van der Waals surface area contributed by atoms with E-state index in [1.807, 2.05) is 6.92 Å². The van der Waals surface area contributed by atoms with Crippen molar-refractivity contribution in [2.45, 2.75) is 12.3 Å². The van der Waals surface area contributed by atoms with Crippen LogP contribution in [0.4, 0.5) is 4.39 Å². The molecule has 0 N–H and O–H groups in total. The second-order valence-corrected chi connectivity index (χ2v) is 4.73. The Labute approximate surface area is 95.7 Å². The van der Waals surface area contributed by atoms with Crippen molar-refractivity contribution in [1.82, 2.24) is 10.2 Å². The van der Waals surface area contributed by atoms with E-state index >= 15 is 0 Å². The third kappa shape index (κ3) is 2.33. The molecule has 78 valence electrons. The first-order chi connectivity index (χ1) is 7.16. The average molecular weight is 243 g/mol. The summed E-state index contributed by atoms with van der Waals surface area (Å²) in [6, 6.07) is 6.16. The Morgan fingerprint density at radius 2 is 1.93 bits per heavy atom. The lowest BCUT2D eigenvalue weighted by atomic mass is 10.2. The van der Waals surface area contributed by atoms with E-state index in [2.05, 4.69) is 10.2 Å². The van der Waals surface area contributed by atoms with Gasteiger partial charge in [-0.15, -0.1) is 21.8 Å². The maximum absolute atomic E-state index is 12.7. The summed E-state index contributed by atoms with van der Waals surface area (Å²) in [5.74, 6) is -0.255. The van der Waals surface area contributed by atoms with E-state index in [1.54, 1.807) is 12.1 Å². The van der Waals surface area contributed by atoms with Gasteiger partial charge in [0.2, 0.25) is 0 Å². The van der Waals surface area contributed by atoms with Gasteiger partial charge in [-0.25, -0.2) is 4.39 Å². The van der Waals surface area contributed by atoms with Crippen molar-refractivity contribution < 1.29 is 4.39 Å². The van der Waals surface area contributed by atoms with Crippen LogP contribution in [-0.4, -0.2) is 10.2 Å². The van der Waals surface area contributed by atoms with E-state index in [-0.39, 0.29) is 11.2 Å². The van der Waals surface area contributed by atoms with Crippen molar-refractivity contribution in [2.75, 3.05) is 0 Å². The number of rotatable bonds is 2. The summed E-state index contributed by atoms with van der Waals surface area (Å²) in [6.45, 7) is 1.84. The molecule has 2 nitrogen and oxygen atoms in total. The standard InChI is InChI=1S/C10H8ClFN2S/c1-6(11)9-13-14-10(15-9)7-2-4-8(12)5-3-7/h2-6H,1H3. The molecule has 0 amide bonds. The van der Waals surface area contributed by atoms with Crippen LogP contribution in [0.3, 0.4) is 0 Å². The zero-order valence-electron chi connectivity index (χ0n) is 7.95. The predicted molar refractivity (Wildman–Crippen MR) is 59.6 cm³/mol. The Bertz CT molecular complexity index is 453. The van der Waals surface area contributed by atoms with E-state index in [9.17, 15) is 4.39 Å². The summed E-state index contributed by atoms with van der Waals surface area (Å²) in [5.41, 5.74) is 0.859. The normalized spacial score (nSPS) is 12.7. The highest BCUT2D eigenvalue weighted by Gasteiger charge is 2.10. The Morgan fingerprint density at radius 3 is 2.47 bits per heavy atom. The fraction of sp³-hybridized carbons (Fsp3) is 0.200. The molecule has 0 spiro atoms. The molecule has 0 bridgehead atoms. The number of hydrogen-bond donors (Lipinski definition) is 0. The molecule has 5 heteroatoms. The van der Waals surface area contributed by atoms with Gasteiger partial charge in [-0.05, 0) is 31.2 Å². The topological polar surface area (TPSA) is 25.8 Å². The van der Waals surface area contributed by atoms with E-state index in [1.165, 1.54) is 23.5 Å². The van der Waals surface area contributed by atoms with Gasteiger partial charge in [0.15, 0.2) is 0 Å². The fourth-order valence-electron chi connectivity index (χ4n) is 1.10. The summed E-state index contributed by atoms with van der Waals surface area (Å²) in [6.07, 6.45) is 0. The van der Waals surface area contributed by atoms with Crippen molar-refractivity contribution in [2.24, 2.45) is 0 Å². The Balaban J connectivity index is 2.33. The van der Waals surface area contributed by atoms with Crippen molar-refractivity contribution in [3.05, 3.63) is 35.1 Å². The third-order valence-corrected chi connectivity index (χ3v) is 3.36. The SMILES string of the molecule is CC(Cl)c1nnc(-c2ccc(F)cc2)s1. The van der Waals surface area contributed by atoms with Crippen LogP contribution in [0.2, 0.25) is 0 Å². The molecule has 1 atom stereocenters. The lowest BCUT2D eigenvalue weighted by Gasteiger charge is -1.94. The van der Waals surface area contributed by atoms with Crippen LogP contribution < -0.4 is 0 Å². The summed E-state index contributed by atoms with van der Waals surface area (Å²) in [5, 5.41) is 9.35. The summed E-state index contributed by atoms with van der Waals surface area (Å²) in [4.78, 5) is 0. The van der Waals surface area contributed by atoms with Crippen LogP contribution in [0, 0.1) is 5.82 Å². The number of alkyl halides is 1. The maximum Gasteiger partial charge on any atom is 0.147 e. The molecule has 0 saturated heterocycles. The molecule has 0 aliphatic heterocycles. The summed E-state index contributed by atoms with van der Waals surface area (Å²) < 4.78 is 12.7. The molecule has 1 aromatic carbocycles. The van der Waals surface area contributed by atoms with Crippen LogP contribution in [0.25, 0.3) is 10.6 Å². The minimum atomic E-state index is -0.255.